The quantitative estimate of drug-likeness (QED) is 0.0392. The molecule has 0 aliphatic carbocycles. The zero-order valence-electron chi connectivity index (χ0n) is 27.9. The number of rotatable bonds is 25. The first-order valence-corrected chi connectivity index (χ1v) is 19.7. The van der Waals surface area contributed by atoms with E-state index >= 15 is 0 Å². The molecule has 0 saturated heterocycles. The first-order valence-electron chi connectivity index (χ1n) is 17.2. The van der Waals surface area contributed by atoms with E-state index in [1.54, 1.807) is 12.4 Å². The van der Waals surface area contributed by atoms with Gasteiger partial charge in [-0.3, -0.25) is 0 Å². The average Bonchev–Trinajstić information content (AvgIpc) is 3.14. The SMILES string of the molecule is c1ccc(/N=N/c2ccc(OCCCCCCCCSSCCCCCCCCOc3ccc(/N=N/c4ccccn4)cc3)cc2)nc1. The molecule has 10 heteroatoms. The monoisotopic (exact) mass is 684 g/mol. The van der Waals surface area contributed by atoms with E-state index in [2.05, 4.69) is 52.0 Å². The number of pyridine rings is 2. The van der Waals surface area contributed by atoms with Gasteiger partial charge in [-0.25, -0.2) is 9.97 Å². The maximum absolute atomic E-state index is 5.88. The van der Waals surface area contributed by atoms with Crippen LogP contribution < -0.4 is 9.47 Å². The van der Waals surface area contributed by atoms with Crippen LogP contribution in [-0.2, 0) is 0 Å². The zero-order valence-corrected chi connectivity index (χ0v) is 29.5. The minimum absolute atomic E-state index is 0.602. The third-order valence-corrected chi connectivity index (χ3v) is 9.95. The van der Waals surface area contributed by atoms with Crippen LogP contribution in [0.15, 0.2) is 118 Å². The van der Waals surface area contributed by atoms with Crippen LogP contribution in [0.4, 0.5) is 23.0 Å². The summed E-state index contributed by atoms with van der Waals surface area (Å²) in [6, 6.07) is 26.6. The van der Waals surface area contributed by atoms with Gasteiger partial charge in [0.1, 0.15) is 11.5 Å². The molecule has 0 radical (unpaired) electrons. The lowest BCUT2D eigenvalue weighted by Gasteiger charge is -2.06. The Hall–Kier alpha value is -3.76. The van der Waals surface area contributed by atoms with Gasteiger partial charge >= 0.3 is 0 Å². The van der Waals surface area contributed by atoms with Crippen molar-refractivity contribution in [3.8, 4) is 11.5 Å². The molecule has 0 atom stereocenters. The van der Waals surface area contributed by atoms with Gasteiger partial charge in [-0.2, -0.15) is 0 Å². The van der Waals surface area contributed by atoms with Crippen LogP contribution in [0.3, 0.4) is 0 Å². The number of hydrogen-bond donors (Lipinski definition) is 0. The minimum atomic E-state index is 0.602. The number of azo groups is 2. The Morgan fingerprint density at radius 1 is 0.417 bits per heavy atom. The van der Waals surface area contributed by atoms with E-state index < -0.39 is 0 Å². The molecule has 0 aliphatic heterocycles. The summed E-state index contributed by atoms with van der Waals surface area (Å²) in [7, 11) is 4.10. The molecule has 0 unspecified atom stereocenters. The van der Waals surface area contributed by atoms with Gasteiger partial charge in [0.2, 0.25) is 0 Å². The second-order valence-corrected chi connectivity index (χ2v) is 14.0. The van der Waals surface area contributed by atoms with Gasteiger partial charge in [0.15, 0.2) is 11.6 Å². The highest BCUT2D eigenvalue weighted by Crippen LogP contribution is 2.25. The molecule has 48 heavy (non-hydrogen) atoms. The predicted octanol–water partition coefficient (Wildman–Crippen LogP) is 12.8. The summed E-state index contributed by atoms with van der Waals surface area (Å²) >= 11 is 0. The standard InChI is InChI=1S/C38H48N6O2S2/c1(5-13-29-45-35-23-19-33(20-24-35)41-43-37-17-9-11-27-39-37)3-7-15-31-47-48-32-16-8-4-2-6-14-30-46-36-25-21-34(22-26-36)42-44-38-18-10-12-28-40-38/h9-12,17-28H,1-8,13-16,29-32H2/b43-41+,44-42+. The molecule has 0 amide bonds. The van der Waals surface area contributed by atoms with Crippen LogP contribution >= 0.6 is 21.6 Å². The van der Waals surface area contributed by atoms with Crippen molar-refractivity contribution in [3.05, 3.63) is 97.3 Å². The molecule has 0 fully saturated rings. The lowest BCUT2D eigenvalue weighted by atomic mass is 10.1. The van der Waals surface area contributed by atoms with Crippen molar-refractivity contribution in [1.82, 2.24) is 9.97 Å². The van der Waals surface area contributed by atoms with Crippen LogP contribution in [0.25, 0.3) is 0 Å². The van der Waals surface area contributed by atoms with Gasteiger partial charge in [-0.15, -0.1) is 20.5 Å². The van der Waals surface area contributed by atoms with Gasteiger partial charge in [0.05, 0.1) is 24.6 Å². The fourth-order valence-electron chi connectivity index (χ4n) is 4.70. The number of unbranched alkanes of at least 4 members (excludes halogenated alkanes) is 10. The maximum atomic E-state index is 5.88. The van der Waals surface area contributed by atoms with Crippen LogP contribution in [0.5, 0.6) is 11.5 Å². The van der Waals surface area contributed by atoms with Crippen molar-refractivity contribution in [2.24, 2.45) is 20.5 Å². The number of benzene rings is 2. The Balaban J connectivity index is 0.857. The van der Waals surface area contributed by atoms with E-state index in [0.29, 0.717) is 11.6 Å². The predicted molar refractivity (Wildman–Crippen MR) is 201 cm³/mol. The molecule has 0 saturated carbocycles. The van der Waals surface area contributed by atoms with Gasteiger partial charge in [-0.1, -0.05) is 85.1 Å². The third kappa shape index (κ3) is 16.9. The molecular formula is C38H48N6O2S2. The Kier molecular flexibility index (Phi) is 18.8. The lowest BCUT2D eigenvalue weighted by molar-refractivity contribution is 0.304. The van der Waals surface area contributed by atoms with Gasteiger partial charge in [0, 0.05) is 23.9 Å². The number of aromatic nitrogens is 2. The smallest absolute Gasteiger partial charge is 0.174 e. The van der Waals surface area contributed by atoms with Gasteiger partial charge in [0.25, 0.3) is 0 Å². The molecular weight excluding hydrogens is 637 g/mol. The number of nitrogens with zero attached hydrogens (tertiary/aromatic N) is 6. The third-order valence-electron chi connectivity index (χ3n) is 7.37. The van der Waals surface area contributed by atoms with Crippen molar-refractivity contribution in [2.45, 2.75) is 77.0 Å². The van der Waals surface area contributed by atoms with Crippen molar-refractivity contribution >= 4 is 44.6 Å². The van der Waals surface area contributed by atoms with E-state index in [0.717, 1.165) is 48.9 Å². The van der Waals surface area contributed by atoms with Crippen molar-refractivity contribution in [2.75, 3.05) is 24.7 Å². The molecule has 2 aromatic heterocycles. The van der Waals surface area contributed by atoms with E-state index in [1.165, 1.54) is 75.7 Å². The molecule has 8 nitrogen and oxygen atoms in total. The van der Waals surface area contributed by atoms with Crippen LogP contribution in [0.1, 0.15) is 77.0 Å². The topological polar surface area (TPSA) is 93.7 Å². The normalized spacial score (nSPS) is 11.4. The molecule has 0 spiro atoms. The highest BCUT2D eigenvalue weighted by Gasteiger charge is 1.99. The highest BCUT2D eigenvalue weighted by atomic mass is 33.1. The van der Waals surface area contributed by atoms with E-state index in [-0.39, 0.29) is 0 Å². The summed E-state index contributed by atoms with van der Waals surface area (Å²) in [6.45, 7) is 1.52. The first kappa shape index (κ1) is 37.1. The Bertz CT molecular complexity index is 1310. The second kappa shape index (κ2) is 24.4. The fourth-order valence-corrected chi connectivity index (χ4v) is 6.99. The molecule has 2 aromatic carbocycles. The molecule has 4 aromatic rings. The molecule has 0 N–H and O–H groups in total. The van der Waals surface area contributed by atoms with Crippen molar-refractivity contribution in [1.29, 1.82) is 0 Å². The molecule has 0 aliphatic rings. The summed E-state index contributed by atoms with van der Waals surface area (Å²) < 4.78 is 11.8. The molecule has 254 valence electrons. The Morgan fingerprint density at radius 3 is 1.21 bits per heavy atom. The fraction of sp³-hybridized carbons (Fsp3) is 0.421. The molecule has 0 bridgehead atoms. The van der Waals surface area contributed by atoms with Gasteiger partial charge in [-0.05, 0) is 98.5 Å². The van der Waals surface area contributed by atoms with Gasteiger partial charge < -0.3 is 9.47 Å². The summed E-state index contributed by atoms with van der Waals surface area (Å²) in [4.78, 5) is 8.29. The maximum Gasteiger partial charge on any atom is 0.174 e. The Labute approximate surface area is 294 Å². The van der Waals surface area contributed by atoms with E-state index in [4.69, 9.17) is 9.47 Å². The molecule has 4 rings (SSSR count). The lowest BCUT2D eigenvalue weighted by Crippen LogP contribution is -1.97. The van der Waals surface area contributed by atoms with Crippen LogP contribution in [0, 0.1) is 0 Å². The number of ether oxygens (including phenoxy) is 2. The number of hydrogen-bond acceptors (Lipinski definition) is 10. The average molecular weight is 685 g/mol. The summed E-state index contributed by atoms with van der Waals surface area (Å²) in [6.07, 6.45) is 18.6. The van der Waals surface area contributed by atoms with Crippen molar-refractivity contribution in [3.63, 3.8) is 0 Å². The highest BCUT2D eigenvalue weighted by molar-refractivity contribution is 8.76. The first-order chi connectivity index (χ1) is 23.8. The molecule has 2 heterocycles. The second-order valence-electron chi connectivity index (χ2n) is 11.3. The summed E-state index contributed by atoms with van der Waals surface area (Å²) in [5.74, 6) is 5.50. The van der Waals surface area contributed by atoms with Crippen LogP contribution in [-0.4, -0.2) is 34.7 Å². The van der Waals surface area contributed by atoms with Crippen LogP contribution in [0.2, 0.25) is 0 Å². The largest absolute Gasteiger partial charge is 0.494 e. The zero-order chi connectivity index (χ0) is 33.2. The van der Waals surface area contributed by atoms with Crippen molar-refractivity contribution < 1.29 is 9.47 Å². The Morgan fingerprint density at radius 2 is 0.812 bits per heavy atom. The summed E-state index contributed by atoms with van der Waals surface area (Å²) in [5.41, 5.74) is 1.58. The van der Waals surface area contributed by atoms with E-state index in [9.17, 15) is 0 Å². The minimum Gasteiger partial charge on any atom is -0.494 e. The summed E-state index contributed by atoms with van der Waals surface area (Å²) in [5, 5.41) is 16.7. The van der Waals surface area contributed by atoms with E-state index in [1.807, 2.05) is 84.9 Å².